The maximum Gasteiger partial charge on any atom is 0.307 e. The molecule has 1 unspecified atom stereocenters. The highest BCUT2D eigenvalue weighted by atomic mass is 16.7. The van der Waals surface area contributed by atoms with Crippen LogP contribution in [0.5, 0.6) is 23.0 Å². The second-order valence-corrected chi connectivity index (χ2v) is 5.99. The van der Waals surface area contributed by atoms with E-state index in [1.807, 2.05) is 0 Å². The average Bonchev–Trinajstić information content (AvgIpc) is 3.20. The summed E-state index contributed by atoms with van der Waals surface area (Å²) in [6.45, 7) is 0.122. The lowest BCUT2D eigenvalue weighted by molar-refractivity contribution is -0.141. The molecule has 8 heteroatoms. The summed E-state index contributed by atoms with van der Waals surface area (Å²) in [7, 11) is 4.35. The molecule has 3 rings (SSSR count). The molecule has 148 valence electrons. The molecule has 1 heterocycles. The first-order valence-corrected chi connectivity index (χ1v) is 8.55. The Bertz CT molecular complexity index is 881. The minimum atomic E-state index is -0.620. The van der Waals surface area contributed by atoms with Gasteiger partial charge in [0.25, 0.3) is 5.91 Å². The summed E-state index contributed by atoms with van der Waals surface area (Å²) in [4.78, 5) is 24.6. The van der Waals surface area contributed by atoms with Crippen LogP contribution in [0, 0.1) is 0 Å². The minimum Gasteiger partial charge on any atom is -0.493 e. The second-order valence-electron chi connectivity index (χ2n) is 5.99. The fourth-order valence-electron chi connectivity index (χ4n) is 2.85. The van der Waals surface area contributed by atoms with Crippen LogP contribution in [0.1, 0.15) is 28.4 Å². The van der Waals surface area contributed by atoms with E-state index in [1.165, 1.54) is 21.3 Å². The molecular weight excluding hydrogens is 366 g/mol. The maximum absolute atomic E-state index is 12.8. The number of methoxy groups -OCH3 is 3. The second kappa shape index (κ2) is 8.51. The summed E-state index contributed by atoms with van der Waals surface area (Å²) in [6, 6.07) is 9.47. The highest BCUT2D eigenvalue weighted by Crippen LogP contribution is 2.33. The number of ether oxygens (including phenoxy) is 5. The molecule has 0 saturated heterocycles. The van der Waals surface area contributed by atoms with Crippen molar-refractivity contribution in [3.8, 4) is 23.0 Å². The number of benzene rings is 2. The van der Waals surface area contributed by atoms with Gasteiger partial charge in [0.05, 0.1) is 33.8 Å². The largest absolute Gasteiger partial charge is 0.493 e. The van der Waals surface area contributed by atoms with Crippen molar-refractivity contribution in [2.45, 2.75) is 12.5 Å². The van der Waals surface area contributed by atoms with E-state index < -0.39 is 12.0 Å². The Morgan fingerprint density at radius 3 is 2.46 bits per heavy atom. The summed E-state index contributed by atoms with van der Waals surface area (Å²) >= 11 is 0. The molecule has 2 aromatic carbocycles. The van der Waals surface area contributed by atoms with Gasteiger partial charge in [0.2, 0.25) is 6.79 Å². The van der Waals surface area contributed by atoms with Crippen molar-refractivity contribution in [1.29, 1.82) is 0 Å². The van der Waals surface area contributed by atoms with Gasteiger partial charge in [0.15, 0.2) is 23.0 Å². The lowest BCUT2D eigenvalue weighted by Crippen LogP contribution is -2.30. The molecule has 0 fully saturated rings. The molecule has 0 aliphatic carbocycles. The van der Waals surface area contributed by atoms with Crippen molar-refractivity contribution in [2.75, 3.05) is 28.1 Å². The Balaban J connectivity index is 1.85. The molecule has 0 aromatic heterocycles. The van der Waals surface area contributed by atoms with Gasteiger partial charge in [-0.2, -0.15) is 0 Å². The molecule has 1 aliphatic heterocycles. The summed E-state index contributed by atoms with van der Waals surface area (Å²) < 4.78 is 25.9. The van der Waals surface area contributed by atoms with E-state index in [2.05, 4.69) is 5.32 Å². The van der Waals surface area contributed by atoms with Crippen molar-refractivity contribution in [3.63, 3.8) is 0 Å². The molecule has 1 aliphatic rings. The molecule has 0 saturated carbocycles. The van der Waals surface area contributed by atoms with Gasteiger partial charge < -0.3 is 29.0 Å². The van der Waals surface area contributed by atoms with Gasteiger partial charge in [-0.25, -0.2) is 0 Å². The molecule has 0 spiro atoms. The van der Waals surface area contributed by atoms with E-state index in [0.29, 0.717) is 34.1 Å². The number of hydrogen-bond acceptors (Lipinski definition) is 7. The van der Waals surface area contributed by atoms with Crippen molar-refractivity contribution >= 4 is 11.9 Å². The van der Waals surface area contributed by atoms with Crippen LogP contribution in [0.4, 0.5) is 0 Å². The molecule has 8 nitrogen and oxygen atoms in total. The van der Waals surface area contributed by atoms with Crippen molar-refractivity contribution in [3.05, 3.63) is 47.5 Å². The monoisotopic (exact) mass is 387 g/mol. The molecule has 1 N–H and O–H groups in total. The van der Waals surface area contributed by atoms with Gasteiger partial charge in [-0.1, -0.05) is 6.07 Å². The lowest BCUT2D eigenvalue weighted by atomic mass is 10.0. The predicted octanol–water partition coefficient (Wildman–Crippen LogP) is 2.47. The van der Waals surface area contributed by atoms with Gasteiger partial charge in [0.1, 0.15) is 0 Å². The fraction of sp³-hybridized carbons (Fsp3) is 0.300. The van der Waals surface area contributed by atoms with Crippen molar-refractivity contribution in [2.24, 2.45) is 0 Å². The summed E-state index contributed by atoms with van der Waals surface area (Å²) in [5.74, 6) is 1.32. The zero-order chi connectivity index (χ0) is 20.1. The zero-order valence-corrected chi connectivity index (χ0v) is 15.8. The standard InChI is InChI=1S/C20H21NO7/c1-24-15-6-4-12(8-17(15)25-2)14(10-19(22)26-3)21-20(23)13-5-7-16-18(9-13)28-11-27-16/h4-9,14H,10-11H2,1-3H3,(H,21,23). The van der Waals surface area contributed by atoms with Crippen LogP contribution < -0.4 is 24.3 Å². The van der Waals surface area contributed by atoms with Crippen LogP contribution in [0.2, 0.25) is 0 Å². The SMILES string of the molecule is COC(=O)CC(NC(=O)c1ccc2c(c1)OCO2)c1ccc(OC)c(OC)c1. The molecular formula is C20H21NO7. The molecule has 0 radical (unpaired) electrons. The summed E-state index contributed by atoms with van der Waals surface area (Å²) in [6.07, 6.45) is -0.0394. The molecule has 2 aromatic rings. The van der Waals surface area contributed by atoms with E-state index in [1.54, 1.807) is 36.4 Å². The maximum atomic E-state index is 12.8. The number of fused-ring (bicyclic) bond motifs is 1. The van der Waals surface area contributed by atoms with Crippen LogP contribution in [-0.2, 0) is 9.53 Å². The average molecular weight is 387 g/mol. The predicted molar refractivity (Wildman–Crippen MR) is 99.0 cm³/mol. The summed E-state index contributed by atoms with van der Waals surface area (Å²) in [5, 5.41) is 2.86. The first kappa shape index (κ1) is 19.3. The third-order valence-electron chi connectivity index (χ3n) is 4.35. The van der Waals surface area contributed by atoms with Crippen LogP contribution in [0.3, 0.4) is 0 Å². The van der Waals surface area contributed by atoms with E-state index in [4.69, 9.17) is 23.7 Å². The third-order valence-corrected chi connectivity index (χ3v) is 4.35. The third kappa shape index (κ3) is 4.11. The molecule has 1 amide bonds. The number of carbonyl (C=O) groups is 2. The fourth-order valence-corrected chi connectivity index (χ4v) is 2.85. The Labute approximate surface area is 162 Å². The number of hydrogen-bond donors (Lipinski definition) is 1. The smallest absolute Gasteiger partial charge is 0.307 e. The van der Waals surface area contributed by atoms with Crippen LogP contribution in [-0.4, -0.2) is 40.0 Å². The quantitative estimate of drug-likeness (QED) is 0.730. The normalized spacial score (nSPS) is 12.8. The number of nitrogens with one attached hydrogen (secondary N) is 1. The first-order valence-electron chi connectivity index (χ1n) is 8.55. The highest BCUT2D eigenvalue weighted by molar-refractivity contribution is 5.95. The number of esters is 1. The highest BCUT2D eigenvalue weighted by Gasteiger charge is 2.23. The van der Waals surface area contributed by atoms with E-state index >= 15 is 0 Å². The summed E-state index contributed by atoms with van der Waals surface area (Å²) in [5.41, 5.74) is 1.07. The van der Waals surface area contributed by atoms with E-state index in [-0.39, 0.29) is 19.1 Å². The van der Waals surface area contributed by atoms with Gasteiger partial charge >= 0.3 is 5.97 Å². The Morgan fingerprint density at radius 2 is 1.75 bits per heavy atom. The number of rotatable bonds is 7. The van der Waals surface area contributed by atoms with Gasteiger partial charge in [-0.15, -0.1) is 0 Å². The Morgan fingerprint density at radius 1 is 1.00 bits per heavy atom. The molecule has 1 atom stereocenters. The topological polar surface area (TPSA) is 92.3 Å². The Kier molecular flexibility index (Phi) is 5.88. The van der Waals surface area contributed by atoms with Crippen molar-refractivity contribution in [1.82, 2.24) is 5.32 Å². The van der Waals surface area contributed by atoms with Gasteiger partial charge in [-0.3, -0.25) is 9.59 Å². The van der Waals surface area contributed by atoms with Crippen LogP contribution in [0.15, 0.2) is 36.4 Å². The first-order chi connectivity index (χ1) is 13.5. The minimum absolute atomic E-state index is 0.0394. The molecule has 28 heavy (non-hydrogen) atoms. The lowest BCUT2D eigenvalue weighted by Gasteiger charge is -2.20. The van der Waals surface area contributed by atoms with Crippen LogP contribution in [0.25, 0.3) is 0 Å². The number of carbonyl (C=O) groups excluding carboxylic acids is 2. The van der Waals surface area contributed by atoms with E-state index in [9.17, 15) is 9.59 Å². The zero-order valence-electron chi connectivity index (χ0n) is 15.8. The van der Waals surface area contributed by atoms with Crippen molar-refractivity contribution < 1.29 is 33.3 Å². The van der Waals surface area contributed by atoms with Gasteiger partial charge in [0, 0.05) is 5.56 Å². The van der Waals surface area contributed by atoms with Crippen LogP contribution >= 0.6 is 0 Å². The van der Waals surface area contributed by atoms with Gasteiger partial charge in [-0.05, 0) is 35.9 Å². The molecule has 0 bridgehead atoms. The Hall–Kier alpha value is -3.42. The van der Waals surface area contributed by atoms with E-state index in [0.717, 1.165) is 0 Å². The number of amides is 1.